The van der Waals surface area contributed by atoms with E-state index >= 15 is 0 Å². The lowest BCUT2D eigenvalue weighted by Gasteiger charge is -2.29. The van der Waals surface area contributed by atoms with Crippen molar-refractivity contribution in [1.82, 2.24) is 5.43 Å². The SMILES string of the molecule is Cc1ccc(Cl)cc1N(CC(=O)N/N=C\c1cc([N+](=O)[O-])ccc1N1CCOCC1)S(C)(=O)=O. The van der Waals surface area contributed by atoms with Crippen molar-refractivity contribution in [1.29, 1.82) is 0 Å². The van der Waals surface area contributed by atoms with E-state index in [0.29, 0.717) is 48.1 Å². The van der Waals surface area contributed by atoms with Crippen molar-refractivity contribution in [2.75, 3.05) is 48.3 Å². The van der Waals surface area contributed by atoms with Gasteiger partial charge < -0.3 is 9.64 Å². The summed E-state index contributed by atoms with van der Waals surface area (Å²) in [5.41, 5.74) is 4.22. The van der Waals surface area contributed by atoms with E-state index in [9.17, 15) is 23.3 Å². The van der Waals surface area contributed by atoms with Crippen molar-refractivity contribution in [2.45, 2.75) is 6.92 Å². The molecule has 0 aromatic heterocycles. The van der Waals surface area contributed by atoms with Crippen molar-refractivity contribution in [3.8, 4) is 0 Å². The molecule has 1 N–H and O–H groups in total. The smallest absolute Gasteiger partial charge is 0.270 e. The van der Waals surface area contributed by atoms with Gasteiger partial charge in [-0.25, -0.2) is 13.8 Å². The summed E-state index contributed by atoms with van der Waals surface area (Å²) in [7, 11) is -3.80. The van der Waals surface area contributed by atoms with E-state index in [0.717, 1.165) is 10.6 Å². The number of sulfonamides is 1. The van der Waals surface area contributed by atoms with Crippen LogP contribution in [0.4, 0.5) is 17.1 Å². The van der Waals surface area contributed by atoms with Gasteiger partial charge in [0.1, 0.15) is 6.54 Å². The molecule has 0 radical (unpaired) electrons. The minimum absolute atomic E-state index is 0.121. The van der Waals surface area contributed by atoms with Gasteiger partial charge in [0.25, 0.3) is 11.6 Å². The predicted octanol–water partition coefficient (Wildman–Crippen LogP) is 2.31. The molecule has 0 bridgehead atoms. The first kappa shape index (κ1) is 25.4. The highest BCUT2D eigenvalue weighted by atomic mass is 35.5. The molecular formula is C21H24ClN5O6S. The Hall–Kier alpha value is -3.22. The lowest BCUT2D eigenvalue weighted by molar-refractivity contribution is -0.384. The van der Waals surface area contributed by atoms with Crippen molar-refractivity contribution in [3.63, 3.8) is 0 Å². The second-order valence-electron chi connectivity index (χ2n) is 7.59. The maximum Gasteiger partial charge on any atom is 0.270 e. The number of amides is 1. The number of carbonyl (C=O) groups excluding carboxylic acids is 1. The monoisotopic (exact) mass is 509 g/mol. The molecule has 2 aromatic carbocycles. The molecule has 1 aliphatic heterocycles. The summed E-state index contributed by atoms with van der Waals surface area (Å²) in [6.45, 7) is 3.43. The van der Waals surface area contributed by atoms with Gasteiger partial charge in [-0.3, -0.25) is 19.2 Å². The number of hydrogen-bond acceptors (Lipinski definition) is 8. The fourth-order valence-electron chi connectivity index (χ4n) is 3.42. The third kappa shape index (κ3) is 6.43. The Kier molecular flexibility index (Phi) is 8.07. The number of benzene rings is 2. The molecule has 2 aromatic rings. The highest BCUT2D eigenvalue weighted by Gasteiger charge is 2.23. The molecule has 0 atom stereocenters. The zero-order chi connectivity index (χ0) is 24.9. The zero-order valence-corrected chi connectivity index (χ0v) is 20.2. The molecule has 1 aliphatic rings. The number of carbonyl (C=O) groups is 1. The molecule has 182 valence electrons. The molecule has 1 amide bonds. The van der Waals surface area contributed by atoms with E-state index in [4.69, 9.17) is 16.3 Å². The van der Waals surface area contributed by atoms with Gasteiger partial charge in [0, 0.05) is 41.5 Å². The topological polar surface area (TPSA) is 134 Å². The predicted molar refractivity (Wildman–Crippen MR) is 130 cm³/mol. The standard InChI is InChI=1S/C21H24ClN5O6S/c1-15-3-4-17(22)12-20(15)26(34(2,31)32)14-21(28)24-23-13-16-11-18(27(29)30)5-6-19(16)25-7-9-33-10-8-25/h3-6,11-13H,7-10,14H2,1-2H3,(H,24,28)/b23-13-. The Morgan fingerprint density at radius 3 is 2.65 bits per heavy atom. The Balaban J connectivity index is 1.79. The lowest BCUT2D eigenvalue weighted by atomic mass is 10.1. The Labute approximate surface area is 202 Å². The average Bonchev–Trinajstić information content (AvgIpc) is 2.79. The normalized spacial score (nSPS) is 14.3. The second-order valence-corrected chi connectivity index (χ2v) is 9.94. The molecule has 13 heteroatoms. The number of nitro benzene ring substituents is 1. The maximum atomic E-state index is 12.5. The molecule has 0 aliphatic carbocycles. The summed E-state index contributed by atoms with van der Waals surface area (Å²) in [6.07, 6.45) is 2.28. The molecule has 1 saturated heterocycles. The number of non-ortho nitro benzene ring substituents is 1. The van der Waals surface area contributed by atoms with Gasteiger partial charge in [0.2, 0.25) is 10.0 Å². The maximum absolute atomic E-state index is 12.5. The first-order valence-corrected chi connectivity index (χ1v) is 12.5. The minimum atomic E-state index is -3.80. The Bertz CT molecular complexity index is 1210. The van der Waals surface area contributed by atoms with E-state index in [1.165, 1.54) is 24.4 Å². The summed E-state index contributed by atoms with van der Waals surface area (Å²) < 4.78 is 30.9. The van der Waals surface area contributed by atoms with E-state index in [-0.39, 0.29) is 11.4 Å². The number of hydrogen-bond donors (Lipinski definition) is 1. The van der Waals surface area contributed by atoms with Crippen LogP contribution < -0.4 is 14.6 Å². The fourth-order valence-corrected chi connectivity index (χ4v) is 4.50. The third-order valence-corrected chi connectivity index (χ3v) is 6.46. The minimum Gasteiger partial charge on any atom is -0.378 e. The van der Waals surface area contributed by atoms with Gasteiger partial charge in [-0.1, -0.05) is 17.7 Å². The molecular weight excluding hydrogens is 486 g/mol. The zero-order valence-electron chi connectivity index (χ0n) is 18.6. The van der Waals surface area contributed by atoms with Crippen LogP contribution in [0, 0.1) is 17.0 Å². The quantitative estimate of drug-likeness (QED) is 0.328. The van der Waals surface area contributed by atoms with Crippen molar-refractivity contribution in [2.24, 2.45) is 5.10 Å². The molecule has 0 spiro atoms. The van der Waals surface area contributed by atoms with Crippen LogP contribution in [0.5, 0.6) is 0 Å². The number of hydrazone groups is 1. The average molecular weight is 510 g/mol. The van der Waals surface area contributed by atoms with Crippen LogP contribution in [0.2, 0.25) is 5.02 Å². The number of aryl methyl sites for hydroxylation is 1. The highest BCUT2D eigenvalue weighted by Crippen LogP contribution is 2.27. The first-order valence-electron chi connectivity index (χ1n) is 10.2. The summed E-state index contributed by atoms with van der Waals surface area (Å²) in [6, 6.07) is 9.13. The molecule has 1 fully saturated rings. The fraction of sp³-hybridized carbons (Fsp3) is 0.333. The number of nitrogens with zero attached hydrogens (tertiary/aromatic N) is 4. The number of ether oxygens (including phenoxy) is 1. The summed E-state index contributed by atoms with van der Waals surface area (Å²) in [5, 5.41) is 15.5. The van der Waals surface area contributed by atoms with Gasteiger partial charge in [0.05, 0.1) is 36.3 Å². The van der Waals surface area contributed by atoms with E-state index < -0.39 is 27.4 Å². The largest absolute Gasteiger partial charge is 0.378 e. The highest BCUT2D eigenvalue weighted by molar-refractivity contribution is 7.92. The summed E-state index contributed by atoms with van der Waals surface area (Å²) >= 11 is 6.01. The number of halogens is 1. The number of morpholine rings is 1. The van der Waals surface area contributed by atoms with E-state index in [1.807, 2.05) is 4.90 Å². The molecule has 3 rings (SSSR count). The van der Waals surface area contributed by atoms with Crippen molar-refractivity contribution >= 4 is 50.8 Å². The van der Waals surface area contributed by atoms with E-state index in [2.05, 4.69) is 10.5 Å². The number of rotatable bonds is 8. The molecule has 34 heavy (non-hydrogen) atoms. The van der Waals surface area contributed by atoms with E-state index in [1.54, 1.807) is 25.1 Å². The third-order valence-electron chi connectivity index (χ3n) is 5.09. The number of nitrogens with one attached hydrogen (secondary N) is 1. The van der Waals surface area contributed by atoms with Crippen LogP contribution in [0.3, 0.4) is 0 Å². The molecule has 0 unspecified atom stereocenters. The van der Waals surface area contributed by atoms with Gasteiger partial charge >= 0.3 is 0 Å². The molecule has 1 heterocycles. The molecule has 11 nitrogen and oxygen atoms in total. The lowest BCUT2D eigenvalue weighted by Crippen LogP contribution is -2.39. The summed E-state index contributed by atoms with van der Waals surface area (Å²) in [4.78, 5) is 25.2. The van der Waals surface area contributed by atoms with Crippen LogP contribution in [0.15, 0.2) is 41.5 Å². The van der Waals surface area contributed by atoms with Gasteiger partial charge in [-0.2, -0.15) is 5.10 Å². The summed E-state index contributed by atoms with van der Waals surface area (Å²) in [5.74, 6) is -0.695. The van der Waals surface area contributed by atoms with Crippen LogP contribution in [-0.2, 0) is 19.6 Å². The van der Waals surface area contributed by atoms with Crippen LogP contribution in [0.25, 0.3) is 0 Å². The van der Waals surface area contributed by atoms with Crippen molar-refractivity contribution < 1.29 is 22.9 Å². The van der Waals surface area contributed by atoms with Gasteiger partial charge in [-0.15, -0.1) is 0 Å². The second kappa shape index (κ2) is 10.8. The van der Waals surface area contributed by atoms with Crippen LogP contribution >= 0.6 is 11.6 Å². The number of nitro groups is 1. The van der Waals surface area contributed by atoms with Crippen LogP contribution in [-0.4, -0.2) is 64.6 Å². The van der Waals surface area contributed by atoms with Gasteiger partial charge in [-0.05, 0) is 30.7 Å². The first-order chi connectivity index (χ1) is 16.1. The van der Waals surface area contributed by atoms with Crippen LogP contribution in [0.1, 0.15) is 11.1 Å². The Morgan fingerprint density at radius 1 is 1.29 bits per heavy atom. The Morgan fingerprint density at radius 2 is 2.00 bits per heavy atom. The number of anilines is 2. The molecule has 0 saturated carbocycles. The van der Waals surface area contributed by atoms with Crippen molar-refractivity contribution in [3.05, 3.63) is 62.7 Å². The van der Waals surface area contributed by atoms with Gasteiger partial charge in [0.15, 0.2) is 0 Å².